The van der Waals surface area contributed by atoms with Crippen molar-refractivity contribution in [2.75, 3.05) is 0 Å². The molecule has 3 aromatic rings. The van der Waals surface area contributed by atoms with Crippen molar-refractivity contribution in [3.05, 3.63) is 78.0 Å². The van der Waals surface area contributed by atoms with Crippen LogP contribution < -0.4 is 5.32 Å². The Morgan fingerprint density at radius 3 is 2.43 bits per heavy atom. The molecule has 5 rings (SSSR count). The van der Waals surface area contributed by atoms with Crippen molar-refractivity contribution in [3.8, 4) is 11.3 Å². The smallest absolute Gasteiger partial charge is 0.224 e. The van der Waals surface area contributed by atoms with E-state index >= 15 is 0 Å². The van der Waals surface area contributed by atoms with E-state index in [9.17, 15) is 9.90 Å². The maximum Gasteiger partial charge on any atom is 0.224 e. The Bertz CT molecular complexity index is 1010. The van der Waals surface area contributed by atoms with Gasteiger partial charge in [0.2, 0.25) is 5.91 Å². The predicted octanol–water partition coefficient (Wildman–Crippen LogP) is 4.39. The molecular weight excluding hydrogens is 376 g/mol. The number of rotatable bonds is 5. The van der Waals surface area contributed by atoms with Crippen LogP contribution in [0.3, 0.4) is 0 Å². The van der Waals surface area contributed by atoms with Gasteiger partial charge in [-0.15, -0.1) is 0 Å². The topological polar surface area (TPSA) is 75.4 Å². The van der Waals surface area contributed by atoms with Crippen LogP contribution in [0.4, 0.5) is 0 Å². The second kappa shape index (κ2) is 7.73. The van der Waals surface area contributed by atoms with E-state index in [-0.39, 0.29) is 23.8 Å². The van der Waals surface area contributed by atoms with Crippen LogP contribution in [0.15, 0.2) is 71.3 Å². The molecule has 2 aliphatic rings. The van der Waals surface area contributed by atoms with Crippen molar-refractivity contribution >= 4 is 5.91 Å². The van der Waals surface area contributed by atoms with Gasteiger partial charge in [-0.3, -0.25) is 4.79 Å². The van der Waals surface area contributed by atoms with Crippen molar-refractivity contribution in [1.29, 1.82) is 0 Å². The van der Waals surface area contributed by atoms with E-state index in [0.29, 0.717) is 12.8 Å². The Balaban J connectivity index is 1.35. The molecule has 1 heterocycles. The van der Waals surface area contributed by atoms with Gasteiger partial charge in [-0.1, -0.05) is 72.2 Å². The van der Waals surface area contributed by atoms with Crippen LogP contribution in [-0.2, 0) is 10.3 Å². The number of aliphatic hydroxyl groups excluding tert-OH is 1. The summed E-state index contributed by atoms with van der Waals surface area (Å²) in [5, 5.41) is 17.6. The molecule has 0 bridgehead atoms. The molecule has 2 fully saturated rings. The van der Waals surface area contributed by atoms with Gasteiger partial charge in [0.05, 0.1) is 17.3 Å². The number of hydrogen-bond donors (Lipinski definition) is 2. The lowest BCUT2D eigenvalue weighted by Gasteiger charge is -2.47. The van der Waals surface area contributed by atoms with Gasteiger partial charge in [0.25, 0.3) is 0 Å². The van der Waals surface area contributed by atoms with Crippen LogP contribution in [0.1, 0.15) is 49.3 Å². The highest BCUT2D eigenvalue weighted by Gasteiger charge is 2.48. The lowest BCUT2D eigenvalue weighted by atomic mass is 9.69. The molecule has 5 heteroatoms. The van der Waals surface area contributed by atoms with E-state index in [2.05, 4.69) is 10.5 Å². The van der Waals surface area contributed by atoms with Crippen LogP contribution in [0.25, 0.3) is 11.3 Å². The summed E-state index contributed by atoms with van der Waals surface area (Å²) in [4.78, 5) is 13.3. The van der Waals surface area contributed by atoms with E-state index in [4.69, 9.17) is 4.52 Å². The molecule has 1 amide bonds. The normalized spacial score (nSPS) is 28.1. The number of aliphatic hydroxyl groups is 1. The Labute approximate surface area is 176 Å². The number of nitrogens with zero attached hydrogens (tertiary/aromatic N) is 1. The zero-order valence-electron chi connectivity index (χ0n) is 16.8. The van der Waals surface area contributed by atoms with Gasteiger partial charge in [0.15, 0.2) is 5.76 Å². The molecule has 2 aliphatic carbocycles. The lowest BCUT2D eigenvalue weighted by molar-refractivity contribution is -0.130. The molecule has 154 valence electrons. The predicted molar refractivity (Wildman–Crippen MR) is 114 cm³/mol. The minimum atomic E-state index is -0.468. The van der Waals surface area contributed by atoms with Crippen molar-refractivity contribution in [3.63, 3.8) is 0 Å². The van der Waals surface area contributed by atoms with Crippen molar-refractivity contribution in [2.45, 2.75) is 49.7 Å². The summed E-state index contributed by atoms with van der Waals surface area (Å²) < 4.78 is 5.59. The van der Waals surface area contributed by atoms with E-state index in [1.807, 2.05) is 66.7 Å². The second-order valence-corrected chi connectivity index (χ2v) is 8.63. The second-order valence-electron chi connectivity index (χ2n) is 8.63. The minimum absolute atomic E-state index is 0.0533. The fourth-order valence-corrected chi connectivity index (χ4v) is 5.07. The number of amides is 1. The molecule has 0 spiro atoms. The Morgan fingerprint density at radius 2 is 1.73 bits per heavy atom. The maximum atomic E-state index is 13.3. The molecule has 1 aromatic heterocycles. The average molecular weight is 402 g/mol. The number of carbonyl (C=O) groups is 1. The number of benzene rings is 2. The Morgan fingerprint density at radius 1 is 1.03 bits per heavy atom. The molecular formula is C25H26N2O3. The van der Waals surface area contributed by atoms with E-state index in [1.54, 1.807) is 0 Å². The molecule has 0 unspecified atom stereocenters. The maximum absolute atomic E-state index is 13.3. The van der Waals surface area contributed by atoms with Gasteiger partial charge >= 0.3 is 0 Å². The molecule has 2 aromatic carbocycles. The zero-order valence-corrected chi connectivity index (χ0v) is 16.8. The van der Waals surface area contributed by atoms with Crippen LogP contribution in [0, 0.1) is 5.92 Å². The molecule has 2 atom stereocenters. The third kappa shape index (κ3) is 3.43. The monoisotopic (exact) mass is 402 g/mol. The average Bonchev–Trinajstić information content (AvgIpc) is 3.43. The van der Waals surface area contributed by atoms with E-state index in [1.165, 1.54) is 0 Å². The highest BCUT2D eigenvalue weighted by atomic mass is 16.5. The third-order valence-electron chi connectivity index (χ3n) is 6.68. The van der Waals surface area contributed by atoms with Gasteiger partial charge < -0.3 is 14.9 Å². The number of carbonyl (C=O) groups excluding carboxylic acids is 1. The minimum Gasteiger partial charge on any atom is -0.393 e. The zero-order chi connectivity index (χ0) is 20.6. The summed E-state index contributed by atoms with van der Waals surface area (Å²) in [6.07, 6.45) is 3.52. The summed E-state index contributed by atoms with van der Waals surface area (Å²) in [5.74, 6) is 0.720. The van der Waals surface area contributed by atoms with Gasteiger partial charge in [0.1, 0.15) is 0 Å². The molecule has 0 radical (unpaired) electrons. The fraction of sp³-hybridized carbons (Fsp3) is 0.360. The standard InChI is InChI=1S/C25H26N2O3/c28-19-15-25(16-19,18-10-5-2-6-11-18)26-24(29)21-13-7-12-20(21)22-14-23(30-27-22)17-8-3-1-4-9-17/h1-6,8-11,14,19-21,28H,7,12-13,15-16H2,(H,26,29)/t19?,20-,21-,25?/m1/s1. The van der Waals surface area contributed by atoms with Gasteiger partial charge in [-0.25, -0.2) is 0 Å². The van der Waals surface area contributed by atoms with Crippen LogP contribution in [-0.4, -0.2) is 22.3 Å². The summed E-state index contributed by atoms with van der Waals surface area (Å²) in [5.41, 5.74) is 2.44. The van der Waals surface area contributed by atoms with Crippen LogP contribution >= 0.6 is 0 Å². The third-order valence-corrected chi connectivity index (χ3v) is 6.68. The molecule has 30 heavy (non-hydrogen) atoms. The van der Waals surface area contributed by atoms with Crippen molar-refractivity contribution in [1.82, 2.24) is 10.5 Å². The van der Waals surface area contributed by atoms with Crippen LogP contribution in [0.2, 0.25) is 0 Å². The Hall–Kier alpha value is -2.92. The van der Waals surface area contributed by atoms with Crippen molar-refractivity contribution < 1.29 is 14.4 Å². The van der Waals surface area contributed by atoms with Crippen LogP contribution in [0.5, 0.6) is 0 Å². The fourth-order valence-electron chi connectivity index (χ4n) is 5.07. The van der Waals surface area contributed by atoms with Gasteiger partial charge in [0, 0.05) is 36.3 Å². The lowest BCUT2D eigenvalue weighted by Crippen LogP contribution is -2.58. The van der Waals surface area contributed by atoms with Gasteiger partial charge in [-0.2, -0.15) is 0 Å². The first-order chi connectivity index (χ1) is 14.6. The molecule has 2 saturated carbocycles. The first-order valence-corrected chi connectivity index (χ1v) is 10.7. The molecule has 0 aliphatic heterocycles. The summed E-state index contributed by atoms with van der Waals surface area (Å²) >= 11 is 0. The molecule has 0 saturated heterocycles. The molecule has 5 nitrogen and oxygen atoms in total. The van der Waals surface area contributed by atoms with Gasteiger partial charge in [-0.05, 0) is 18.4 Å². The van der Waals surface area contributed by atoms with E-state index in [0.717, 1.165) is 41.8 Å². The highest BCUT2D eigenvalue weighted by molar-refractivity contribution is 5.81. The number of aromatic nitrogens is 1. The first-order valence-electron chi connectivity index (χ1n) is 10.7. The van der Waals surface area contributed by atoms with E-state index < -0.39 is 5.54 Å². The summed E-state index contributed by atoms with van der Waals surface area (Å²) in [6, 6.07) is 21.9. The SMILES string of the molecule is O=C(NC1(c2ccccc2)CC(O)C1)[C@@H]1CCC[C@H]1c1cc(-c2ccccc2)on1. The number of hydrogen-bond acceptors (Lipinski definition) is 4. The Kier molecular flexibility index (Phi) is 4.91. The highest BCUT2D eigenvalue weighted by Crippen LogP contribution is 2.44. The number of nitrogens with one attached hydrogen (secondary N) is 1. The largest absolute Gasteiger partial charge is 0.393 e. The summed E-state index contributed by atoms with van der Waals surface area (Å²) in [6.45, 7) is 0. The first kappa shape index (κ1) is 19.1. The summed E-state index contributed by atoms with van der Waals surface area (Å²) in [7, 11) is 0. The molecule has 2 N–H and O–H groups in total. The van der Waals surface area contributed by atoms with Crippen molar-refractivity contribution in [2.24, 2.45) is 5.92 Å². The quantitative estimate of drug-likeness (QED) is 0.664.